The van der Waals surface area contributed by atoms with Gasteiger partial charge in [-0.3, -0.25) is 14.4 Å². The number of phenols is 1. The van der Waals surface area contributed by atoms with Crippen LogP contribution in [0.4, 0.5) is 0 Å². The van der Waals surface area contributed by atoms with Crippen LogP contribution in [-0.4, -0.2) is 72.9 Å². The molecule has 4 aliphatic rings. The van der Waals surface area contributed by atoms with Crippen LogP contribution in [0.15, 0.2) is 18.2 Å². The van der Waals surface area contributed by atoms with Gasteiger partial charge in [-0.2, -0.15) is 0 Å². The summed E-state index contributed by atoms with van der Waals surface area (Å²) in [5.74, 6) is -1.48. The normalized spacial score (nSPS) is 36.9. The van der Waals surface area contributed by atoms with Gasteiger partial charge in [0.2, 0.25) is 0 Å². The number of fused-ring (bicyclic) bond motifs is 5. The Morgan fingerprint density at radius 3 is 2.24 bits per heavy atom. The summed E-state index contributed by atoms with van der Waals surface area (Å²) < 4.78 is 34.0. The summed E-state index contributed by atoms with van der Waals surface area (Å²) in [5, 5.41) is 10.00. The van der Waals surface area contributed by atoms with Gasteiger partial charge in [0.25, 0.3) is 0 Å². The molecular weight excluding hydrogens is 548 g/mol. The van der Waals surface area contributed by atoms with Crippen LogP contribution < -0.4 is 0 Å². The van der Waals surface area contributed by atoms with Crippen molar-refractivity contribution in [2.45, 2.75) is 109 Å². The van der Waals surface area contributed by atoms with Gasteiger partial charge >= 0.3 is 23.9 Å². The smallest absolute Gasteiger partial charge is 0.339 e. The van der Waals surface area contributed by atoms with E-state index in [0.29, 0.717) is 23.5 Å². The summed E-state index contributed by atoms with van der Waals surface area (Å²) in [6.45, 7) is 5.73. The summed E-state index contributed by atoms with van der Waals surface area (Å²) in [4.78, 5) is 49.1. The van der Waals surface area contributed by atoms with Gasteiger partial charge in [0.15, 0.2) is 30.7 Å². The summed E-state index contributed by atoms with van der Waals surface area (Å²) in [7, 11) is 1.16. The first-order valence-electron chi connectivity index (χ1n) is 14.6. The second-order valence-corrected chi connectivity index (χ2v) is 12.2. The van der Waals surface area contributed by atoms with Crippen molar-refractivity contribution in [3.05, 3.63) is 29.3 Å². The van der Waals surface area contributed by atoms with Crippen molar-refractivity contribution in [2.75, 3.05) is 7.11 Å². The molecule has 0 spiro atoms. The van der Waals surface area contributed by atoms with Crippen molar-refractivity contribution in [3.63, 3.8) is 0 Å². The van der Waals surface area contributed by atoms with Crippen LogP contribution in [0, 0.1) is 17.3 Å². The number of hydrogen-bond donors (Lipinski definition) is 1. The van der Waals surface area contributed by atoms with Crippen LogP contribution >= 0.6 is 0 Å². The van der Waals surface area contributed by atoms with E-state index in [1.165, 1.54) is 25.0 Å². The van der Waals surface area contributed by atoms with Gasteiger partial charge in [-0.05, 0) is 85.0 Å². The maximum absolute atomic E-state index is 12.8. The van der Waals surface area contributed by atoms with Crippen LogP contribution in [0.25, 0.3) is 0 Å². The molecule has 1 saturated heterocycles. The minimum Gasteiger partial charge on any atom is -0.508 e. The van der Waals surface area contributed by atoms with Gasteiger partial charge < -0.3 is 33.5 Å². The third kappa shape index (κ3) is 5.60. The highest BCUT2D eigenvalue weighted by atomic mass is 16.7. The van der Waals surface area contributed by atoms with Gasteiger partial charge in [0.05, 0.1) is 13.2 Å². The zero-order valence-corrected chi connectivity index (χ0v) is 24.7. The minimum atomic E-state index is -1.48. The Morgan fingerprint density at radius 2 is 1.57 bits per heavy atom. The quantitative estimate of drug-likeness (QED) is 0.386. The van der Waals surface area contributed by atoms with Crippen LogP contribution in [-0.2, 0) is 54.0 Å². The molecule has 1 aromatic carbocycles. The highest BCUT2D eigenvalue weighted by Crippen LogP contribution is 2.62. The highest BCUT2D eigenvalue weighted by molar-refractivity contribution is 5.77. The van der Waals surface area contributed by atoms with E-state index >= 15 is 0 Å². The number of hydrogen-bond acceptors (Lipinski definition) is 11. The van der Waals surface area contributed by atoms with Crippen molar-refractivity contribution >= 4 is 23.9 Å². The molecular formula is C31H40O11. The molecule has 1 N–H and O–H groups in total. The van der Waals surface area contributed by atoms with Crippen molar-refractivity contribution in [3.8, 4) is 5.75 Å². The lowest BCUT2D eigenvalue weighted by Crippen LogP contribution is -2.64. The molecule has 0 radical (unpaired) electrons. The average molecular weight is 589 g/mol. The van der Waals surface area contributed by atoms with Crippen LogP contribution in [0.3, 0.4) is 0 Å². The highest BCUT2D eigenvalue weighted by Gasteiger charge is 2.59. The van der Waals surface area contributed by atoms with E-state index in [2.05, 4.69) is 13.0 Å². The predicted molar refractivity (Wildman–Crippen MR) is 145 cm³/mol. The molecule has 230 valence electrons. The maximum atomic E-state index is 12.8. The molecule has 0 unspecified atom stereocenters. The molecule has 1 heterocycles. The lowest BCUT2D eigenvalue weighted by molar-refractivity contribution is -0.317. The fourth-order valence-electron chi connectivity index (χ4n) is 8.10. The summed E-state index contributed by atoms with van der Waals surface area (Å²) >= 11 is 0. The molecule has 42 heavy (non-hydrogen) atoms. The molecule has 0 amide bonds. The molecule has 1 aromatic rings. The van der Waals surface area contributed by atoms with E-state index in [1.807, 2.05) is 6.07 Å². The molecule has 2 saturated carbocycles. The topological polar surface area (TPSA) is 144 Å². The molecule has 1 aliphatic heterocycles. The SMILES string of the molecule is COC(=O)[C@H]1O[C@@H](O[C@H]2CC[C@H]3[C@@H]4CCc5cc(O)ccc5[C@H]4CC[C@]23C)[C@H](OC(C)=O)[C@@H](OC(C)=O)[C@@H]1OC(C)=O. The number of carbonyl (C=O) groups excluding carboxylic acids is 4. The Bertz CT molecular complexity index is 1230. The molecule has 11 heteroatoms. The molecule has 10 atom stereocenters. The maximum Gasteiger partial charge on any atom is 0.339 e. The van der Waals surface area contributed by atoms with Crippen molar-refractivity contribution in [2.24, 2.45) is 17.3 Å². The summed E-state index contributed by atoms with van der Waals surface area (Å²) in [6, 6.07) is 5.72. The zero-order chi connectivity index (χ0) is 30.3. The van der Waals surface area contributed by atoms with Gasteiger partial charge in [-0.15, -0.1) is 0 Å². The van der Waals surface area contributed by atoms with Gasteiger partial charge in [0, 0.05) is 20.8 Å². The molecule has 5 rings (SSSR count). The molecule has 3 fully saturated rings. The monoisotopic (exact) mass is 588 g/mol. The average Bonchev–Trinajstić information content (AvgIpc) is 3.26. The Labute approximate surface area is 245 Å². The molecule has 0 bridgehead atoms. The summed E-state index contributed by atoms with van der Waals surface area (Å²) in [5.41, 5.74) is 2.32. The first-order valence-corrected chi connectivity index (χ1v) is 14.6. The summed E-state index contributed by atoms with van der Waals surface area (Å²) in [6.07, 6.45) is -1.72. The fourth-order valence-corrected chi connectivity index (χ4v) is 8.10. The molecule has 11 nitrogen and oxygen atoms in total. The number of benzene rings is 1. The van der Waals surface area contributed by atoms with Crippen LogP contribution in [0.5, 0.6) is 5.75 Å². The van der Waals surface area contributed by atoms with Crippen LogP contribution in [0.2, 0.25) is 0 Å². The van der Waals surface area contributed by atoms with Gasteiger partial charge in [-0.1, -0.05) is 13.0 Å². The minimum absolute atomic E-state index is 0.218. The Morgan fingerprint density at radius 1 is 0.905 bits per heavy atom. The molecule has 3 aliphatic carbocycles. The fraction of sp³-hybridized carbons (Fsp3) is 0.677. The Kier molecular flexibility index (Phi) is 8.53. The van der Waals surface area contributed by atoms with Crippen molar-refractivity contribution in [1.29, 1.82) is 0 Å². The Hall–Kier alpha value is -3.18. The number of carbonyl (C=O) groups is 4. The lowest BCUT2D eigenvalue weighted by atomic mass is 9.55. The second-order valence-electron chi connectivity index (χ2n) is 12.2. The van der Waals surface area contributed by atoms with Crippen molar-refractivity contribution < 1.29 is 52.7 Å². The first-order chi connectivity index (χ1) is 19.9. The zero-order valence-electron chi connectivity index (χ0n) is 24.7. The number of aromatic hydroxyl groups is 1. The first kappa shape index (κ1) is 30.3. The van der Waals surface area contributed by atoms with E-state index in [4.69, 9.17) is 28.4 Å². The standard InChI is InChI=1S/C31H40O11/c1-15(32)38-25-26(39-16(2)33)28(40-17(3)34)30(42-27(25)29(36)37-5)41-24-11-10-23-22-8-6-18-14-19(35)7-9-20(18)21(22)12-13-31(23,24)4/h7,9,14,21-28,30,35H,6,8,10-13H2,1-5H3/t21-,22-,23+,24+,25+,26+,27+,28-,30-,31+/m1/s1. The van der Waals surface area contributed by atoms with E-state index < -0.39 is 54.6 Å². The lowest BCUT2D eigenvalue weighted by Gasteiger charge is -2.51. The third-order valence-corrected chi connectivity index (χ3v) is 9.76. The number of phenolic OH excluding ortho intramolecular Hbond substituents is 1. The van der Waals surface area contributed by atoms with E-state index in [0.717, 1.165) is 52.6 Å². The number of esters is 4. The number of methoxy groups -OCH3 is 1. The number of rotatable bonds is 6. The van der Waals surface area contributed by atoms with Crippen molar-refractivity contribution in [1.82, 2.24) is 0 Å². The van der Waals surface area contributed by atoms with Gasteiger partial charge in [0.1, 0.15) is 5.75 Å². The second kappa shape index (κ2) is 11.8. The van der Waals surface area contributed by atoms with E-state index in [-0.39, 0.29) is 11.5 Å². The number of ether oxygens (including phenoxy) is 6. The third-order valence-electron chi connectivity index (χ3n) is 9.76. The van der Waals surface area contributed by atoms with E-state index in [9.17, 15) is 24.3 Å². The van der Waals surface area contributed by atoms with Crippen LogP contribution in [0.1, 0.15) is 76.8 Å². The van der Waals surface area contributed by atoms with E-state index in [1.54, 1.807) is 6.07 Å². The predicted octanol–water partition coefficient (Wildman–Crippen LogP) is 3.33. The largest absolute Gasteiger partial charge is 0.508 e. The molecule has 0 aromatic heterocycles. The number of aryl methyl sites for hydroxylation is 1. The van der Waals surface area contributed by atoms with Gasteiger partial charge in [-0.25, -0.2) is 4.79 Å². The Balaban J connectivity index is 1.43.